The number of carbonyl (C=O) groups excluding carboxylic acids is 1. The average molecular weight is 448 g/mol. The van der Waals surface area contributed by atoms with E-state index in [1.807, 2.05) is 55.5 Å². The minimum absolute atomic E-state index is 0.172. The van der Waals surface area contributed by atoms with Gasteiger partial charge in [-0.05, 0) is 66.7 Å². The maximum absolute atomic E-state index is 12.4. The number of hydrazine groups is 1. The molecule has 162 valence electrons. The Morgan fingerprint density at radius 1 is 1.00 bits per heavy atom. The van der Waals surface area contributed by atoms with E-state index in [1.165, 1.54) is 6.07 Å². The van der Waals surface area contributed by atoms with Crippen molar-refractivity contribution in [2.75, 3.05) is 5.32 Å². The van der Waals surface area contributed by atoms with E-state index in [-0.39, 0.29) is 11.0 Å². The second-order valence-electron chi connectivity index (χ2n) is 7.30. The quantitative estimate of drug-likeness (QED) is 0.247. The van der Waals surface area contributed by atoms with Gasteiger partial charge in [0, 0.05) is 23.2 Å². The number of hydrogen-bond donors (Lipinski definition) is 3. The van der Waals surface area contributed by atoms with Crippen LogP contribution in [0.15, 0.2) is 75.9 Å². The molecule has 8 heteroatoms. The Bertz CT molecular complexity index is 1380. The van der Waals surface area contributed by atoms with E-state index in [4.69, 9.17) is 21.4 Å². The highest BCUT2D eigenvalue weighted by Crippen LogP contribution is 2.22. The number of thiocarbonyl (C=S) groups is 1. The molecule has 0 saturated heterocycles. The summed E-state index contributed by atoms with van der Waals surface area (Å²) in [4.78, 5) is 24.0. The van der Waals surface area contributed by atoms with Crippen LogP contribution >= 0.6 is 12.2 Å². The molecule has 4 rings (SSSR count). The standard InChI is InChI=1S/C24H21N3O4S/c1-14-11-22(28)31-21-13-18(8-10-20(14)21)25-24(32)27-26-23(29)15(2)30-19-9-7-16-5-3-4-6-17(16)12-19/h3-13,15H,1-2H3,(H,26,29)(H2,25,27,32)/t15-/m0/s1. The summed E-state index contributed by atoms with van der Waals surface area (Å²) in [6.07, 6.45) is -0.746. The third-order valence-corrected chi connectivity index (χ3v) is 5.12. The molecule has 7 nitrogen and oxygen atoms in total. The molecule has 32 heavy (non-hydrogen) atoms. The molecule has 0 aliphatic heterocycles. The van der Waals surface area contributed by atoms with Crippen molar-refractivity contribution in [3.05, 3.63) is 82.7 Å². The van der Waals surface area contributed by atoms with Gasteiger partial charge in [0.25, 0.3) is 5.91 Å². The summed E-state index contributed by atoms with van der Waals surface area (Å²) in [5.74, 6) is 0.211. The van der Waals surface area contributed by atoms with Gasteiger partial charge in [0.15, 0.2) is 11.2 Å². The topological polar surface area (TPSA) is 92.6 Å². The van der Waals surface area contributed by atoms with Crippen LogP contribution in [0.2, 0.25) is 0 Å². The van der Waals surface area contributed by atoms with E-state index in [0.717, 1.165) is 21.7 Å². The summed E-state index contributed by atoms with van der Waals surface area (Å²) >= 11 is 5.23. The normalized spacial score (nSPS) is 11.7. The molecule has 0 unspecified atom stereocenters. The largest absolute Gasteiger partial charge is 0.481 e. The number of anilines is 1. The van der Waals surface area contributed by atoms with Crippen molar-refractivity contribution >= 4 is 50.7 Å². The molecule has 1 amide bonds. The molecule has 1 aromatic heterocycles. The number of amides is 1. The Hall–Kier alpha value is -3.91. The summed E-state index contributed by atoms with van der Waals surface area (Å²) in [5, 5.41) is 6.07. The summed E-state index contributed by atoms with van der Waals surface area (Å²) in [6.45, 7) is 3.49. The van der Waals surface area contributed by atoms with Crippen LogP contribution in [0.5, 0.6) is 5.75 Å². The van der Waals surface area contributed by atoms with Gasteiger partial charge in [-0.2, -0.15) is 0 Å². The maximum atomic E-state index is 12.4. The molecule has 0 aliphatic carbocycles. The van der Waals surface area contributed by atoms with Crippen LogP contribution in [0.4, 0.5) is 5.69 Å². The first-order valence-corrected chi connectivity index (χ1v) is 10.4. The van der Waals surface area contributed by atoms with Gasteiger partial charge in [-0.1, -0.05) is 30.3 Å². The van der Waals surface area contributed by atoms with Crippen molar-refractivity contribution in [3.63, 3.8) is 0 Å². The van der Waals surface area contributed by atoms with Crippen molar-refractivity contribution in [3.8, 4) is 5.75 Å². The highest BCUT2D eigenvalue weighted by molar-refractivity contribution is 7.80. The number of carbonyl (C=O) groups is 1. The van der Waals surface area contributed by atoms with Crippen molar-refractivity contribution in [2.24, 2.45) is 0 Å². The molecule has 0 spiro atoms. The van der Waals surface area contributed by atoms with Gasteiger partial charge in [0.1, 0.15) is 11.3 Å². The van der Waals surface area contributed by atoms with Crippen LogP contribution in [0.1, 0.15) is 12.5 Å². The van der Waals surface area contributed by atoms with E-state index < -0.39 is 11.7 Å². The Morgan fingerprint density at radius 2 is 1.78 bits per heavy atom. The van der Waals surface area contributed by atoms with Crippen molar-refractivity contribution in [1.82, 2.24) is 10.9 Å². The van der Waals surface area contributed by atoms with Gasteiger partial charge < -0.3 is 14.5 Å². The van der Waals surface area contributed by atoms with E-state index in [1.54, 1.807) is 19.1 Å². The fourth-order valence-electron chi connectivity index (χ4n) is 3.28. The first kappa shape index (κ1) is 21.3. The molecule has 3 N–H and O–H groups in total. The number of fused-ring (bicyclic) bond motifs is 2. The molecule has 1 heterocycles. The minimum atomic E-state index is -0.746. The van der Waals surface area contributed by atoms with Crippen LogP contribution in [0.3, 0.4) is 0 Å². The summed E-state index contributed by atoms with van der Waals surface area (Å²) < 4.78 is 11.0. The van der Waals surface area contributed by atoms with E-state index in [0.29, 0.717) is 17.0 Å². The lowest BCUT2D eigenvalue weighted by Gasteiger charge is -2.17. The Balaban J connectivity index is 1.33. The zero-order valence-corrected chi connectivity index (χ0v) is 18.3. The zero-order valence-electron chi connectivity index (χ0n) is 17.5. The first-order valence-electron chi connectivity index (χ1n) is 9.96. The highest BCUT2D eigenvalue weighted by atomic mass is 32.1. The van der Waals surface area contributed by atoms with Crippen molar-refractivity contribution in [2.45, 2.75) is 20.0 Å². The Morgan fingerprint density at radius 3 is 2.59 bits per heavy atom. The van der Waals surface area contributed by atoms with Gasteiger partial charge in [-0.25, -0.2) is 4.79 Å². The average Bonchev–Trinajstić information content (AvgIpc) is 2.77. The molecule has 0 radical (unpaired) electrons. The van der Waals surface area contributed by atoms with Gasteiger partial charge in [0.05, 0.1) is 0 Å². The molecule has 4 aromatic rings. The van der Waals surface area contributed by atoms with E-state index >= 15 is 0 Å². The van der Waals surface area contributed by atoms with Crippen LogP contribution in [0, 0.1) is 6.92 Å². The fourth-order valence-corrected chi connectivity index (χ4v) is 3.45. The van der Waals surface area contributed by atoms with Gasteiger partial charge in [-0.3, -0.25) is 15.6 Å². The van der Waals surface area contributed by atoms with Crippen LogP contribution in [-0.4, -0.2) is 17.1 Å². The SMILES string of the molecule is Cc1cc(=O)oc2cc(NC(=S)NNC(=O)[C@H](C)Oc3ccc4ccccc4c3)ccc12. The smallest absolute Gasteiger partial charge is 0.336 e. The highest BCUT2D eigenvalue weighted by Gasteiger charge is 2.15. The second-order valence-corrected chi connectivity index (χ2v) is 7.71. The van der Waals surface area contributed by atoms with E-state index in [9.17, 15) is 9.59 Å². The fraction of sp³-hybridized carbons (Fsp3) is 0.125. The van der Waals surface area contributed by atoms with Gasteiger partial charge >= 0.3 is 5.63 Å². The summed E-state index contributed by atoms with van der Waals surface area (Å²) in [7, 11) is 0. The summed E-state index contributed by atoms with van der Waals surface area (Å²) in [5.41, 5.74) is 6.64. The monoisotopic (exact) mass is 447 g/mol. The second kappa shape index (κ2) is 9.07. The molecule has 0 saturated carbocycles. The maximum Gasteiger partial charge on any atom is 0.336 e. The number of hydrogen-bond acceptors (Lipinski definition) is 5. The molecule has 0 aliphatic rings. The van der Waals surface area contributed by atoms with Crippen molar-refractivity contribution in [1.29, 1.82) is 0 Å². The molecular formula is C24H21N3O4S. The van der Waals surface area contributed by atoms with Crippen LogP contribution in [0.25, 0.3) is 21.7 Å². The number of rotatable bonds is 4. The molecule has 0 fully saturated rings. The Labute approximate surface area is 189 Å². The lowest BCUT2D eigenvalue weighted by molar-refractivity contribution is -0.127. The lowest BCUT2D eigenvalue weighted by atomic mass is 10.1. The molecule has 1 atom stereocenters. The minimum Gasteiger partial charge on any atom is -0.481 e. The molecule has 3 aromatic carbocycles. The number of benzene rings is 3. The first-order chi connectivity index (χ1) is 15.4. The number of nitrogens with one attached hydrogen (secondary N) is 3. The van der Waals surface area contributed by atoms with Gasteiger partial charge in [0.2, 0.25) is 0 Å². The molecule has 0 bridgehead atoms. The predicted octanol–water partition coefficient (Wildman–Crippen LogP) is 4.04. The third kappa shape index (κ3) is 4.87. The number of ether oxygens (including phenoxy) is 1. The molecular weight excluding hydrogens is 426 g/mol. The van der Waals surface area contributed by atoms with Gasteiger partial charge in [-0.15, -0.1) is 0 Å². The Kier molecular flexibility index (Phi) is 6.04. The zero-order chi connectivity index (χ0) is 22.7. The lowest BCUT2D eigenvalue weighted by Crippen LogP contribution is -2.48. The van der Waals surface area contributed by atoms with Crippen molar-refractivity contribution < 1.29 is 13.9 Å². The number of aryl methyl sites for hydroxylation is 1. The van der Waals surface area contributed by atoms with E-state index in [2.05, 4.69) is 16.2 Å². The summed E-state index contributed by atoms with van der Waals surface area (Å²) in [6, 6.07) is 20.3. The van der Waals surface area contributed by atoms with Crippen LogP contribution < -0.4 is 26.5 Å². The van der Waals surface area contributed by atoms with Crippen LogP contribution in [-0.2, 0) is 4.79 Å². The predicted molar refractivity (Wildman–Crippen MR) is 129 cm³/mol. The third-order valence-electron chi connectivity index (χ3n) is 4.91.